The molecule has 4 aromatic rings. The first-order valence-corrected chi connectivity index (χ1v) is 10.8. The van der Waals surface area contributed by atoms with Crippen LogP contribution < -0.4 is 5.32 Å². The summed E-state index contributed by atoms with van der Waals surface area (Å²) >= 11 is 3.07. The minimum atomic E-state index is -0.387. The molecule has 1 amide bonds. The SMILES string of the molecule is CCc1nc(C(C)NC(=O)c2nc(-c3cccs3)n(-c3ccc(F)cc3)n2)cs1. The standard InChI is InChI=1S/C20H18FN5OS2/c1-3-17-23-15(11-29-17)12(2)22-20(27)18-24-19(16-5-4-10-28-16)26(25-18)14-8-6-13(21)7-9-14/h4-12H,3H2,1-2H3,(H,22,27). The number of halogens is 1. The molecule has 0 spiro atoms. The minimum absolute atomic E-state index is 0.0514. The van der Waals surface area contributed by atoms with Gasteiger partial charge in [-0.05, 0) is 49.1 Å². The van der Waals surface area contributed by atoms with E-state index in [2.05, 4.69) is 20.4 Å². The van der Waals surface area contributed by atoms with Crippen LogP contribution in [0.1, 0.15) is 41.2 Å². The van der Waals surface area contributed by atoms with Crippen molar-refractivity contribution in [3.63, 3.8) is 0 Å². The molecule has 0 saturated heterocycles. The van der Waals surface area contributed by atoms with Crippen LogP contribution in [0, 0.1) is 5.82 Å². The molecule has 0 aliphatic carbocycles. The molecule has 0 bridgehead atoms. The predicted molar refractivity (Wildman–Crippen MR) is 112 cm³/mol. The van der Waals surface area contributed by atoms with E-state index in [1.165, 1.54) is 23.5 Å². The fourth-order valence-electron chi connectivity index (χ4n) is 2.76. The van der Waals surface area contributed by atoms with Gasteiger partial charge in [-0.1, -0.05) is 13.0 Å². The largest absolute Gasteiger partial charge is 0.341 e. The van der Waals surface area contributed by atoms with E-state index in [1.54, 1.807) is 28.2 Å². The highest BCUT2D eigenvalue weighted by atomic mass is 32.1. The van der Waals surface area contributed by atoms with Crippen LogP contribution in [0.5, 0.6) is 0 Å². The third-order valence-electron chi connectivity index (χ3n) is 4.29. The van der Waals surface area contributed by atoms with E-state index in [1.807, 2.05) is 36.7 Å². The quantitative estimate of drug-likeness (QED) is 0.486. The fraction of sp³-hybridized carbons (Fsp3) is 0.200. The molecular formula is C20H18FN5OS2. The van der Waals surface area contributed by atoms with Gasteiger partial charge in [0.15, 0.2) is 5.82 Å². The number of aryl methyl sites for hydroxylation is 1. The van der Waals surface area contributed by atoms with Gasteiger partial charge in [0.2, 0.25) is 5.82 Å². The van der Waals surface area contributed by atoms with Crippen LogP contribution in [0.2, 0.25) is 0 Å². The average molecular weight is 428 g/mol. The van der Waals surface area contributed by atoms with Crippen molar-refractivity contribution in [3.8, 4) is 16.4 Å². The maximum atomic E-state index is 13.3. The first kappa shape index (κ1) is 19.4. The number of thiazole rings is 1. The number of rotatable bonds is 6. The molecule has 6 nitrogen and oxygen atoms in total. The van der Waals surface area contributed by atoms with Gasteiger partial charge >= 0.3 is 0 Å². The van der Waals surface area contributed by atoms with E-state index >= 15 is 0 Å². The number of nitrogens with zero attached hydrogens (tertiary/aromatic N) is 4. The molecule has 148 valence electrons. The summed E-state index contributed by atoms with van der Waals surface area (Å²) in [7, 11) is 0. The zero-order valence-corrected chi connectivity index (χ0v) is 17.4. The Morgan fingerprint density at radius 3 is 2.66 bits per heavy atom. The molecule has 0 radical (unpaired) electrons. The molecule has 4 rings (SSSR count). The van der Waals surface area contributed by atoms with Crippen molar-refractivity contribution in [2.75, 3.05) is 0 Å². The molecule has 3 aromatic heterocycles. The molecule has 1 aromatic carbocycles. The van der Waals surface area contributed by atoms with Gasteiger partial charge < -0.3 is 5.32 Å². The highest BCUT2D eigenvalue weighted by Crippen LogP contribution is 2.26. The number of benzene rings is 1. The van der Waals surface area contributed by atoms with Gasteiger partial charge in [0.25, 0.3) is 5.91 Å². The summed E-state index contributed by atoms with van der Waals surface area (Å²) in [4.78, 5) is 22.6. The lowest BCUT2D eigenvalue weighted by Gasteiger charge is -2.09. The lowest BCUT2D eigenvalue weighted by molar-refractivity contribution is 0.0928. The van der Waals surface area contributed by atoms with Crippen LogP contribution in [0.25, 0.3) is 16.4 Å². The van der Waals surface area contributed by atoms with Crippen molar-refractivity contribution in [3.05, 3.63) is 69.5 Å². The summed E-state index contributed by atoms with van der Waals surface area (Å²) in [5.74, 6) is -0.142. The Morgan fingerprint density at radius 2 is 2.00 bits per heavy atom. The number of carbonyl (C=O) groups excluding carboxylic acids is 1. The molecule has 3 heterocycles. The third kappa shape index (κ3) is 4.10. The Kier molecular flexibility index (Phi) is 5.50. The number of nitrogens with one attached hydrogen (secondary N) is 1. The number of hydrogen-bond acceptors (Lipinski definition) is 6. The van der Waals surface area contributed by atoms with Gasteiger partial charge in [-0.3, -0.25) is 4.79 Å². The Labute approximate surface area is 175 Å². The average Bonchev–Trinajstić information content (AvgIpc) is 3.47. The van der Waals surface area contributed by atoms with E-state index in [0.29, 0.717) is 11.5 Å². The van der Waals surface area contributed by atoms with Gasteiger partial charge in [0, 0.05) is 5.38 Å². The normalized spacial score (nSPS) is 12.1. The molecule has 1 atom stereocenters. The number of aromatic nitrogens is 4. The van der Waals surface area contributed by atoms with Crippen LogP contribution in [0.3, 0.4) is 0 Å². The van der Waals surface area contributed by atoms with Gasteiger partial charge in [-0.15, -0.1) is 27.8 Å². The molecule has 9 heteroatoms. The lowest BCUT2D eigenvalue weighted by atomic mass is 10.2. The number of hydrogen-bond donors (Lipinski definition) is 1. The van der Waals surface area contributed by atoms with Crippen LogP contribution >= 0.6 is 22.7 Å². The predicted octanol–water partition coefficient (Wildman–Crippen LogP) is 4.64. The highest BCUT2D eigenvalue weighted by molar-refractivity contribution is 7.13. The van der Waals surface area contributed by atoms with Crippen molar-refractivity contribution in [2.24, 2.45) is 0 Å². The van der Waals surface area contributed by atoms with Crippen LogP contribution in [0.4, 0.5) is 4.39 Å². The van der Waals surface area contributed by atoms with Crippen LogP contribution in [-0.2, 0) is 6.42 Å². The van der Waals surface area contributed by atoms with Crippen molar-refractivity contribution in [1.29, 1.82) is 0 Å². The summed E-state index contributed by atoms with van der Waals surface area (Å²) in [6.45, 7) is 3.92. The minimum Gasteiger partial charge on any atom is -0.341 e. The van der Waals surface area contributed by atoms with E-state index < -0.39 is 0 Å². The molecule has 29 heavy (non-hydrogen) atoms. The number of carbonyl (C=O) groups is 1. The van der Waals surface area contributed by atoms with E-state index in [-0.39, 0.29) is 23.6 Å². The topological polar surface area (TPSA) is 72.7 Å². The number of amides is 1. The second-order valence-electron chi connectivity index (χ2n) is 6.34. The molecule has 0 aliphatic heterocycles. The van der Waals surface area contributed by atoms with Gasteiger partial charge in [-0.2, -0.15) is 0 Å². The second kappa shape index (κ2) is 8.22. The Balaban J connectivity index is 1.64. The summed E-state index contributed by atoms with van der Waals surface area (Å²) in [5.41, 5.74) is 1.44. The van der Waals surface area contributed by atoms with Crippen molar-refractivity contribution in [1.82, 2.24) is 25.1 Å². The van der Waals surface area contributed by atoms with E-state index in [0.717, 1.165) is 22.0 Å². The first-order valence-electron chi connectivity index (χ1n) is 9.07. The van der Waals surface area contributed by atoms with Crippen LogP contribution in [-0.4, -0.2) is 25.7 Å². The lowest BCUT2D eigenvalue weighted by Crippen LogP contribution is -2.28. The summed E-state index contributed by atoms with van der Waals surface area (Å²) in [6, 6.07) is 9.46. The smallest absolute Gasteiger partial charge is 0.291 e. The van der Waals surface area contributed by atoms with Gasteiger partial charge in [0.05, 0.1) is 27.3 Å². The summed E-state index contributed by atoms with van der Waals surface area (Å²) in [6.07, 6.45) is 0.860. The molecule has 1 N–H and O–H groups in total. The van der Waals surface area contributed by atoms with E-state index in [9.17, 15) is 9.18 Å². The molecule has 0 saturated carbocycles. The van der Waals surface area contributed by atoms with Gasteiger partial charge in [0.1, 0.15) is 5.82 Å². The maximum Gasteiger partial charge on any atom is 0.291 e. The zero-order chi connectivity index (χ0) is 20.4. The summed E-state index contributed by atoms with van der Waals surface area (Å²) in [5, 5.41) is 12.2. The second-order valence-corrected chi connectivity index (χ2v) is 8.23. The Hall–Kier alpha value is -2.91. The van der Waals surface area contributed by atoms with Crippen molar-refractivity contribution >= 4 is 28.6 Å². The molecular weight excluding hydrogens is 409 g/mol. The maximum absolute atomic E-state index is 13.3. The summed E-state index contributed by atoms with van der Waals surface area (Å²) < 4.78 is 14.9. The van der Waals surface area contributed by atoms with Gasteiger partial charge in [-0.25, -0.2) is 19.0 Å². The monoisotopic (exact) mass is 427 g/mol. The van der Waals surface area contributed by atoms with E-state index in [4.69, 9.17) is 0 Å². The molecule has 0 fully saturated rings. The Bertz CT molecular complexity index is 1120. The van der Waals surface area contributed by atoms with Crippen molar-refractivity contribution < 1.29 is 9.18 Å². The van der Waals surface area contributed by atoms with Crippen molar-refractivity contribution in [2.45, 2.75) is 26.3 Å². The molecule has 1 unspecified atom stereocenters. The first-order chi connectivity index (χ1) is 14.0. The van der Waals surface area contributed by atoms with Crippen LogP contribution in [0.15, 0.2) is 47.2 Å². The zero-order valence-electron chi connectivity index (χ0n) is 15.8. The third-order valence-corrected chi connectivity index (χ3v) is 6.16. The Morgan fingerprint density at radius 1 is 1.21 bits per heavy atom. The fourth-order valence-corrected chi connectivity index (χ4v) is 4.29. The highest BCUT2D eigenvalue weighted by Gasteiger charge is 2.21. The molecule has 0 aliphatic rings. The number of thiophene rings is 1.